The molecule has 0 saturated heterocycles. The Morgan fingerprint density at radius 1 is 1.00 bits per heavy atom. The van der Waals surface area contributed by atoms with Crippen molar-refractivity contribution in [1.82, 2.24) is 24.7 Å². The quantitative estimate of drug-likeness (QED) is 0.461. The molecule has 3 N–H and O–H groups in total. The van der Waals surface area contributed by atoms with Gasteiger partial charge >= 0.3 is 0 Å². The van der Waals surface area contributed by atoms with Crippen molar-refractivity contribution in [2.75, 3.05) is 16.9 Å². The molecule has 0 amide bonds. The van der Waals surface area contributed by atoms with Crippen molar-refractivity contribution < 1.29 is 8.42 Å². The fourth-order valence-electron chi connectivity index (χ4n) is 3.06. The van der Waals surface area contributed by atoms with E-state index in [0.29, 0.717) is 40.0 Å². The summed E-state index contributed by atoms with van der Waals surface area (Å²) in [6, 6.07) is 10.5. The van der Waals surface area contributed by atoms with E-state index in [1.165, 1.54) is 6.26 Å². The number of aromatic amines is 1. The van der Waals surface area contributed by atoms with Crippen LogP contribution >= 0.6 is 0 Å². The van der Waals surface area contributed by atoms with Gasteiger partial charge in [0.05, 0.1) is 16.3 Å². The molecule has 4 aromatic rings. The minimum Gasteiger partial charge on any atom is -0.352 e. The van der Waals surface area contributed by atoms with E-state index in [2.05, 4.69) is 30.7 Å². The van der Waals surface area contributed by atoms with Gasteiger partial charge in [-0.3, -0.25) is 4.68 Å². The second-order valence-corrected chi connectivity index (χ2v) is 8.87. The average molecular weight is 411 g/mol. The maximum absolute atomic E-state index is 12.2. The van der Waals surface area contributed by atoms with Gasteiger partial charge in [-0.1, -0.05) is 12.1 Å². The number of hydrogen-bond acceptors (Lipinski definition) is 7. The molecule has 1 aromatic carbocycles. The first-order chi connectivity index (χ1) is 13.7. The SMILES string of the molecule is Cc1nc2c(Nc3ccccc3S(C)(=O)=O)cc(Nc3cc(C)n(C)n3)nc2[nH]1. The first-order valence-electron chi connectivity index (χ1n) is 8.92. The molecule has 10 heteroatoms. The summed E-state index contributed by atoms with van der Waals surface area (Å²) in [5.41, 5.74) is 3.31. The van der Waals surface area contributed by atoms with Crippen molar-refractivity contribution in [3.05, 3.63) is 47.9 Å². The average Bonchev–Trinajstić information content (AvgIpc) is 3.16. The van der Waals surface area contributed by atoms with Gasteiger partial charge in [0.2, 0.25) is 0 Å². The van der Waals surface area contributed by atoms with Crippen LogP contribution in [-0.2, 0) is 16.9 Å². The lowest BCUT2D eigenvalue weighted by molar-refractivity contribution is 0.602. The highest BCUT2D eigenvalue weighted by Gasteiger charge is 2.16. The number of benzene rings is 1. The number of nitrogens with one attached hydrogen (secondary N) is 3. The highest BCUT2D eigenvalue weighted by Crippen LogP contribution is 2.31. The van der Waals surface area contributed by atoms with Gasteiger partial charge in [0.25, 0.3) is 0 Å². The van der Waals surface area contributed by atoms with E-state index in [1.54, 1.807) is 35.0 Å². The summed E-state index contributed by atoms with van der Waals surface area (Å²) < 4.78 is 26.1. The number of hydrogen-bond donors (Lipinski definition) is 3. The summed E-state index contributed by atoms with van der Waals surface area (Å²) in [6.45, 7) is 3.80. The molecule has 29 heavy (non-hydrogen) atoms. The van der Waals surface area contributed by atoms with Gasteiger partial charge < -0.3 is 15.6 Å². The van der Waals surface area contributed by atoms with Gasteiger partial charge in [-0.15, -0.1) is 0 Å². The maximum atomic E-state index is 12.2. The van der Waals surface area contributed by atoms with E-state index in [-0.39, 0.29) is 4.90 Å². The molecule has 0 spiro atoms. The number of aryl methyl sites for hydroxylation is 3. The van der Waals surface area contributed by atoms with Gasteiger partial charge in [0.1, 0.15) is 17.2 Å². The zero-order chi connectivity index (χ0) is 20.8. The first kappa shape index (κ1) is 18.9. The molecule has 0 radical (unpaired) electrons. The Morgan fingerprint density at radius 3 is 2.45 bits per heavy atom. The number of fused-ring (bicyclic) bond motifs is 1. The van der Waals surface area contributed by atoms with Crippen LogP contribution in [-0.4, -0.2) is 39.4 Å². The number of sulfone groups is 1. The molecule has 3 aromatic heterocycles. The minimum atomic E-state index is -3.40. The van der Waals surface area contributed by atoms with Crippen LogP contribution in [0.2, 0.25) is 0 Å². The van der Waals surface area contributed by atoms with E-state index in [9.17, 15) is 8.42 Å². The fraction of sp³-hybridized carbons (Fsp3) is 0.211. The Bertz CT molecular complexity index is 1300. The molecule has 4 rings (SSSR count). The van der Waals surface area contributed by atoms with E-state index < -0.39 is 9.84 Å². The van der Waals surface area contributed by atoms with Crippen LogP contribution in [0.5, 0.6) is 0 Å². The number of H-pyrrole nitrogens is 1. The van der Waals surface area contributed by atoms with Gasteiger partial charge in [0.15, 0.2) is 21.3 Å². The Labute approximate surface area is 168 Å². The number of para-hydroxylation sites is 1. The Balaban J connectivity index is 1.80. The smallest absolute Gasteiger partial charge is 0.177 e. The van der Waals surface area contributed by atoms with Crippen molar-refractivity contribution in [2.45, 2.75) is 18.7 Å². The molecule has 0 saturated carbocycles. The third-order valence-corrected chi connectivity index (χ3v) is 5.65. The van der Waals surface area contributed by atoms with Gasteiger partial charge in [0, 0.05) is 31.1 Å². The Morgan fingerprint density at radius 2 is 1.76 bits per heavy atom. The molecule has 0 aliphatic heterocycles. The van der Waals surface area contributed by atoms with Crippen LogP contribution in [0, 0.1) is 13.8 Å². The zero-order valence-electron chi connectivity index (χ0n) is 16.5. The Hall–Kier alpha value is -3.40. The fourth-order valence-corrected chi connectivity index (χ4v) is 3.90. The zero-order valence-corrected chi connectivity index (χ0v) is 17.3. The molecular formula is C19H21N7O2S. The molecule has 0 atom stereocenters. The molecule has 3 heterocycles. The number of imidazole rings is 1. The summed E-state index contributed by atoms with van der Waals surface area (Å²) in [5, 5.41) is 10.8. The van der Waals surface area contributed by atoms with Gasteiger partial charge in [-0.2, -0.15) is 5.10 Å². The number of anilines is 4. The van der Waals surface area contributed by atoms with Crippen molar-refractivity contribution in [1.29, 1.82) is 0 Å². The van der Waals surface area contributed by atoms with Crippen LogP contribution < -0.4 is 10.6 Å². The first-order valence-corrected chi connectivity index (χ1v) is 10.8. The molecule has 150 valence electrons. The second kappa shape index (κ2) is 6.89. The standard InChI is InChI=1S/C19H21N7O2S/c1-11-9-17(25-26(11)3)23-16-10-14(18-19(24-16)21-12(2)20-18)22-13-7-5-6-8-15(13)29(4,27)28/h5-10H,1-4H3,(H3,20,21,22,23,24,25). The summed E-state index contributed by atoms with van der Waals surface area (Å²) in [4.78, 5) is 12.4. The van der Waals surface area contributed by atoms with Crippen molar-refractivity contribution in [2.24, 2.45) is 7.05 Å². The van der Waals surface area contributed by atoms with Crippen molar-refractivity contribution >= 4 is 44.0 Å². The molecule has 0 unspecified atom stereocenters. The maximum Gasteiger partial charge on any atom is 0.177 e. The normalized spacial score (nSPS) is 11.7. The molecule has 0 bridgehead atoms. The topological polar surface area (TPSA) is 118 Å². The third-order valence-electron chi connectivity index (χ3n) is 4.50. The Kier molecular flexibility index (Phi) is 4.50. The molecule has 9 nitrogen and oxygen atoms in total. The lowest BCUT2D eigenvalue weighted by Gasteiger charge is -2.12. The largest absolute Gasteiger partial charge is 0.352 e. The second-order valence-electron chi connectivity index (χ2n) is 6.89. The van der Waals surface area contributed by atoms with Crippen LogP contribution in [0.3, 0.4) is 0 Å². The summed E-state index contributed by atoms with van der Waals surface area (Å²) in [7, 11) is -1.53. The van der Waals surface area contributed by atoms with Crippen LogP contribution in [0.15, 0.2) is 41.3 Å². The molecular weight excluding hydrogens is 390 g/mol. The molecule has 0 aliphatic rings. The summed E-state index contributed by atoms with van der Waals surface area (Å²) in [6.07, 6.45) is 1.19. The lowest BCUT2D eigenvalue weighted by Crippen LogP contribution is -2.04. The predicted octanol–water partition coefficient (Wildman–Crippen LogP) is 3.20. The van der Waals surface area contributed by atoms with E-state index in [4.69, 9.17) is 0 Å². The van der Waals surface area contributed by atoms with Gasteiger partial charge in [-0.05, 0) is 26.0 Å². The van der Waals surface area contributed by atoms with Crippen LogP contribution in [0.25, 0.3) is 11.2 Å². The number of pyridine rings is 1. The van der Waals surface area contributed by atoms with Crippen molar-refractivity contribution in [3.8, 4) is 0 Å². The lowest BCUT2D eigenvalue weighted by atomic mass is 10.2. The van der Waals surface area contributed by atoms with E-state index in [0.717, 1.165) is 5.69 Å². The third kappa shape index (κ3) is 3.79. The number of aromatic nitrogens is 5. The molecule has 0 fully saturated rings. The summed E-state index contributed by atoms with van der Waals surface area (Å²) >= 11 is 0. The van der Waals surface area contributed by atoms with Crippen LogP contribution in [0.1, 0.15) is 11.5 Å². The summed E-state index contributed by atoms with van der Waals surface area (Å²) in [5.74, 6) is 1.92. The van der Waals surface area contributed by atoms with Gasteiger partial charge in [-0.25, -0.2) is 18.4 Å². The highest BCUT2D eigenvalue weighted by atomic mass is 32.2. The predicted molar refractivity (Wildman–Crippen MR) is 113 cm³/mol. The van der Waals surface area contributed by atoms with E-state index in [1.807, 2.05) is 27.0 Å². The minimum absolute atomic E-state index is 0.215. The monoisotopic (exact) mass is 411 g/mol. The van der Waals surface area contributed by atoms with Crippen molar-refractivity contribution in [3.63, 3.8) is 0 Å². The van der Waals surface area contributed by atoms with Crippen LogP contribution in [0.4, 0.5) is 23.0 Å². The van der Waals surface area contributed by atoms with E-state index >= 15 is 0 Å². The number of rotatable bonds is 5. The highest BCUT2D eigenvalue weighted by molar-refractivity contribution is 7.90. The molecule has 0 aliphatic carbocycles. The number of nitrogens with zero attached hydrogens (tertiary/aromatic N) is 4.